The standard InChI is InChI=1S/C31H34ClN3O3/c1-3-17-35(31(37)24-8-7-9-26(32)19-24)22-30(36)34(21-23-12-14-27(15-13-23)38-4-2)18-16-25-20-33-29-11-6-5-10-28(25)29/h5-15,19-20,33H,3-4,16-18,21-22H2,1-2H3. The molecule has 2 amide bonds. The van der Waals surface area contributed by atoms with Gasteiger partial charge in [0.1, 0.15) is 12.3 Å². The number of nitrogens with one attached hydrogen (secondary N) is 1. The maximum Gasteiger partial charge on any atom is 0.254 e. The topological polar surface area (TPSA) is 65.6 Å². The predicted molar refractivity (Wildman–Crippen MR) is 153 cm³/mol. The van der Waals surface area contributed by atoms with Gasteiger partial charge in [0, 0.05) is 47.3 Å². The molecule has 7 heteroatoms. The Morgan fingerprint density at radius 2 is 1.71 bits per heavy atom. The molecule has 0 aliphatic heterocycles. The van der Waals surface area contributed by atoms with E-state index in [1.54, 1.807) is 29.2 Å². The first-order valence-corrected chi connectivity index (χ1v) is 13.5. The molecule has 4 rings (SSSR count). The van der Waals surface area contributed by atoms with E-state index in [2.05, 4.69) is 11.1 Å². The molecule has 1 N–H and O–H groups in total. The minimum absolute atomic E-state index is 0.00407. The fourth-order valence-corrected chi connectivity index (χ4v) is 4.74. The number of nitrogens with zero attached hydrogens (tertiary/aromatic N) is 2. The van der Waals surface area contributed by atoms with Crippen LogP contribution in [0.2, 0.25) is 5.02 Å². The van der Waals surface area contributed by atoms with E-state index in [1.165, 1.54) is 0 Å². The number of ether oxygens (including phenoxy) is 1. The highest BCUT2D eigenvalue weighted by atomic mass is 35.5. The Kier molecular flexibility index (Phi) is 9.44. The quantitative estimate of drug-likeness (QED) is 0.232. The summed E-state index contributed by atoms with van der Waals surface area (Å²) in [5, 5.41) is 1.65. The molecule has 0 atom stereocenters. The number of para-hydroxylation sites is 1. The highest BCUT2D eigenvalue weighted by molar-refractivity contribution is 6.31. The van der Waals surface area contributed by atoms with Crippen molar-refractivity contribution in [2.45, 2.75) is 33.2 Å². The van der Waals surface area contributed by atoms with Gasteiger partial charge in [-0.1, -0.05) is 54.9 Å². The minimum atomic E-state index is -0.194. The number of halogens is 1. The van der Waals surface area contributed by atoms with E-state index in [9.17, 15) is 9.59 Å². The molecule has 0 radical (unpaired) electrons. The molecule has 38 heavy (non-hydrogen) atoms. The third-order valence-corrected chi connectivity index (χ3v) is 6.70. The van der Waals surface area contributed by atoms with E-state index in [-0.39, 0.29) is 18.4 Å². The number of rotatable bonds is 12. The normalized spacial score (nSPS) is 10.9. The smallest absolute Gasteiger partial charge is 0.254 e. The van der Waals surface area contributed by atoms with E-state index < -0.39 is 0 Å². The van der Waals surface area contributed by atoms with E-state index in [1.807, 2.05) is 67.4 Å². The Bertz CT molecular complexity index is 1370. The molecule has 0 fully saturated rings. The van der Waals surface area contributed by atoms with Crippen LogP contribution in [0.4, 0.5) is 0 Å². The number of benzene rings is 3. The van der Waals surface area contributed by atoms with E-state index in [0.717, 1.165) is 34.2 Å². The van der Waals surface area contributed by atoms with Crippen LogP contribution in [0.3, 0.4) is 0 Å². The summed E-state index contributed by atoms with van der Waals surface area (Å²) in [7, 11) is 0. The van der Waals surface area contributed by atoms with Crippen LogP contribution >= 0.6 is 11.6 Å². The average molecular weight is 532 g/mol. The Hall–Kier alpha value is -3.77. The van der Waals surface area contributed by atoms with Gasteiger partial charge in [-0.25, -0.2) is 0 Å². The van der Waals surface area contributed by atoms with Crippen molar-refractivity contribution >= 4 is 34.3 Å². The minimum Gasteiger partial charge on any atom is -0.494 e. The van der Waals surface area contributed by atoms with Crippen molar-refractivity contribution in [2.75, 3.05) is 26.2 Å². The van der Waals surface area contributed by atoms with Crippen molar-refractivity contribution in [1.82, 2.24) is 14.8 Å². The van der Waals surface area contributed by atoms with Crippen LogP contribution in [0.25, 0.3) is 10.9 Å². The second-order valence-corrected chi connectivity index (χ2v) is 9.68. The summed E-state index contributed by atoms with van der Waals surface area (Å²) in [6.45, 7) is 6.00. The molecule has 1 heterocycles. The summed E-state index contributed by atoms with van der Waals surface area (Å²) in [5.41, 5.74) is 3.72. The summed E-state index contributed by atoms with van der Waals surface area (Å²) in [6.07, 6.45) is 3.45. The molecule has 0 saturated carbocycles. The summed E-state index contributed by atoms with van der Waals surface area (Å²) in [4.78, 5) is 33.7. The molecule has 4 aromatic rings. The third-order valence-electron chi connectivity index (χ3n) is 6.46. The van der Waals surface area contributed by atoms with Gasteiger partial charge in [-0.2, -0.15) is 0 Å². The zero-order chi connectivity index (χ0) is 26.9. The summed E-state index contributed by atoms with van der Waals surface area (Å²) in [5.74, 6) is 0.511. The number of carbonyl (C=O) groups is 2. The molecule has 6 nitrogen and oxygen atoms in total. The van der Waals surface area contributed by atoms with Crippen molar-refractivity contribution in [3.05, 3.63) is 101 Å². The van der Waals surface area contributed by atoms with Gasteiger partial charge in [-0.15, -0.1) is 0 Å². The molecule has 0 aliphatic rings. The number of hydrogen-bond acceptors (Lipinski definition) is 3. The van der Waals surface area contributed by atoms with Gasteiger partial charge in [0.2, 0.25) is 5.91 Å². The number of carbonyl (C=O) groups excluding carboxylic acids is 2. The van der Waals surface area contributed by atoms with Crippen molar-refractivity contribution in [2.24, 2.45) is 0 Å². The fourth-order valence-electron chi connectivity index (χ4n) is 4.55. The molecule has 0 aliphatic carbocycles. The Balaban J connectivity index is 1.53. The van der Waals surface area contributed by atoms with Crippen LogP contribution < -0.4 is 4.74 Å². The van der Waals surface area contributed by atoms with Crippen LogP contribution in [-0.2, 0) is 17.8 Å². The first-order valence-electron chi connectivity index (χ1n) is 13.1. The number of amides is 2. The molecular weight excluding hydrogens is 498 g/mol. The van der Waals surface area contributed by atoms with Gasteiger partial charge in [0.05, 0.1) is 6.61 Å². The molecule has 1 aromatic heterocycles. The molecule has 0 saturated heterocycles. The third kappa shape index (κ3) is 6.95. The Morgan fingerprint density at radius 1 is 0.921 bits per heavy atom. The monoisotopic (exact) mass is 531 g/mol. The summed E-state index contributed by atoms with van der Waals surface area (Å²) >= 11 is 6.12. The molecule has 0 bridgehead atoms. The molecule has 198 valence electrons. The lowest BCUT2D eigenvalue weighted by molar-refractivity contribution is -0.132. The zero-order valence-electron chi connectivity index (χ0n) is 22.0. The summed E-state index contributed by atoms with van der Waals surface area (Å²) < 4.78 is 5.57. The highest BCUT2D eigenvalue weighted by Crippen LogP contribution is 2.20. The van der Waals surface area contributed by atoms with Gasteiger partial charge in [-0.3, -0.25) is 9.59 Å². The Morgan fingerprint density at radius 3 is 2.45 bits per heavy atom. The second-order valence-electron chi connectivity index (χ2n) is 9.24. The largest absolute Gasteiger partial charge is 0.494 e. The maximum absolute atomic E-state index is 13.7. The predicted octanol–water partition coefficient (Wildman–Crippen LogP) is 6.34. The number of aromatic amines is 1. The first-order chi connectivity index (χ1) is 18.5. The fraction of sp³-hybridized carbons (Fsp3) is 0.290. The number of H-pyrrole nitrogens is 1. The number of fused-ring (bicyclic) bond motifs is 1. The highest BCUT2D eigenvalue weighted by Gasteiger charge is 2.23. The van der Waals surface area contributed by atoms with Crippen LogP contribution in [-0.4, -0.2) is 52.8 Å². The van der Waals surface area contributed by atoms with Crippen molar-refractivity contribution in [1.29, 1.82) is 0 Å². The molecular formula is C31H34ClN3O3. The molecule has 3 aromatic carbocycles. The summed E-state index contributed by atoms with van der Waals surface area (Å²) in [6, 6.07) is 22.8. The van der Waals surface area contributed by atoms with Crippen LogP contribution in [0.5, 0.6) is 5.75 Å². The zero-order valence-corrected chi connectivity index (χ0v) is 22.7. The van der Waals surface area contributed by atoms with Crippen LogP contribution in [0.1, 0.15) is 41.8 Å². The first kappa shape index (κ1) is 27.3. The van der Waals surface area contributed by atoms with Crippen molar-refractivity contribution in [3.63, 3.8) is 0 Å². The lowest BCUT2D eigenvalue weighted by atomic mass is 10.1. The van der Waals surface area contributed by atoms with Gasteiger partial charge in [0.15, 0.2) is 0 Å². The van der Waals surface area contributed by atoms with Gasteiger partial charge >= 0.3 is 0 Å². The molecule has 0 spiro atoms. The van der Waals surface area contributed by atoms with Crippen molar-refractivity contribution < 1.29 is 14.3 Å². The lowest BCUT2D eigenvalue weighted by Crippen LogP contribution is -2.43. The van der Waals surface area contributed by atoms with Gasteiger partial charge < -0.3 is 19.5 Å². The van der Waals surface area contributed by atoms with E-state index >= 15 is 0 Å². The van der Waals surface area contributed by atoms with E-state index in [4.69, 9.17) is 16.3 Å². The second kappa shape index (κ2) is 13.2. The SMILES string of the molecule is CCCN(CC(=O)N(CCc1c[nH]c2ccccc12)Cc1ccc(OCC)cc1)C(=O)c1cccc(Cl)c1. The van der Waals surface area contributed by atoms with Crippen LogP contribution in [0.15, 0.2) is 79.0 Å². The molecule has 0 unspecified atom stereocenters. The lowest BCUT2D eigenvalue weighted by Gasteiger charge is -2.28. The number of hydrogen-bond donors (Lipinski definition) is 1. The number of aromatic nitrogens is 1. The average Bonchev–Trinajstić information content (AvgIpc) is 3.34. The van der Waals surface area contributed by atoms with E-state index in [0.29, 0.717) is 43.2 Å². The van der Waals surface area contributed by atoms with Gasteiger partial charge in [0.25, 0.3) is 5.91 Å². The van der Waals surface area contributed by atoms with Gasteiger partial charge in [-0.05, 0) is 67.3 Å². The maximum atomic E-state index is 13.7. The Labute approximate surface area is 229 Å². The van der Waals surface area contributed by atoms with Crippen molar-refractivity contribution in [3.8, 4) is 5.75 Å². The van der Waals surface area contributed by atoms with Crippen LogP contribution in [0, 0.1) is 0 Å².